The highest BCUT2D eigenvalue weighted by Gasteiger charge is 2.12. The lowest BCUT2D eigenvalue weighted by atomic mass is 10.1. The van der Waals surface area contributed by atoms with Crippen LogP contribution in [0.1, 0.15) is 45.5 Å². The molecule has 1 N–H and O–H groups in total. The first-order valence-electron chi connectivity index (χ1n) is 7.22. The number of aryl methyl sites for hydroxylation is 1. The number of hydrogen-bond donors (Lipinski definition) is 1. The zero-order valence-corrected chi connectivity index (χ0v) is 12.8. The quantitative estimate of drug-likeness (QED) is 0.909. The second-order valence-electron chi connectivity index (χ2n) is 6.07. The van der Waals surface area contributed by atoms with Crippen LogP contribution in [0.2, 0.25) is 0 Å². The van der Waals surface area contributed by atoms with Gasteiger partial charge in [0.15, 0.2) is 0 Å². The summed E-state index contributed by atoms with van der Waals surface area (Å²) in [5.41, 5.74) is 2.46. The minimum Gasteiger partial charge on any atom is -0.308 e. The van der Waals surface area contributed by atoms with Gasteiger partial charge in [-0.25, -0.2) is 4.98 Å². The average molecular weight is 272 g/mol. The maximum Gasteiger partial charge on any atom is 0.113 e. The molecule has 0 aliphatic heterocycles. The summed E-state index contributed by atoms with van der Waals surface area (Å²) in [5, 5.41) is 3.53. The molecule has 0 aliphatic carbocycles. The molecule has 20 heavy (non-hydrogen) atoms. The Morgan fingerprint density at radius 1 is 1.25 bits per heavy atom. The predicted octanol–water partition coefficient (Wildman–Crippen LogP) is 3.11. The number of nitrogens with one attached hydrogen (secondary N) is 1. The van der Waals surface area contributed by atoms with E-state index in [2.05, 4.69) is 53.6 Å². The third-order valence-electron chi connectivity index (χ3n) is 3.15. The maximum absolute atomic E-state index is 4.45. The molecule has 0 bridgehead atoms. The second-order valence-corrected chi connectivity index (χ2v) is 6.07. The summed E-state index contributed by atoms with van der Waals surface area (Å²) in [6.07, 6.45) is 9.71. The van der Waals surface area contributed by atoms with Gasteiger partial charge >= 0.3 is 0 Å². The fourth-order valence-corrected chi connectivity index (χ4v) is 2.10. The largest absolute Gasteiger partial charge is 0.308 e. The molecule has 0 unspecified atom stereocenters. The van der Waals surface area contributed by atoms with Crippen molar-refractivity contribution in [3.63, 3.8) is 0 Å². The van der Waals surface area contributed by atoms with E-state index in [1.165, 1.54) is 5.56 Å². The minimum absolute atomic E-state index is 0.0989. The van der Waals surface area contributed by atoms with E-state index in [0.717, 1.165) is 30.9 Å². The van der Waals surface area contributed by atoms with Gasteiger partial charge in [-0.3, -0.25) is 4.98 Å². The van der Waals surface area contributed by atoms with Gasteiger partial charge in [-0.15, -0.1) is 0 Å². The fourth-order valence-electron chi connectivity index (χ4n) is 2.10. The molecule has 0 radical (unpaired) electrons. The molecule has 0 spiro atoms. The molecule has 108 valence electrons. The first-order valence-corrected chi connectivity index (χ1v) is 7.22. The van der Waals surface area contributed by atoms with Crippen molar-refractivity contribution in [3.8, 4) is 5.69 Å². The van der Waals surface area contributed by atoms with Gasteiger partial charge in [-0.05, 0) is 38.8 Å². The molecule has 0 fully saturated rings. The zero-order chi connectivity index (χ0) is 14.6. The summed E-state index contributed by atoms with van der Waals surface area (Å²) in [6.45, 7) is 9.52. The van der Waals surface area contributed by atoms with E-state index >= 15 is 0 Å². The number of aromatic nitrogens is 3. The lowest BCUT2D eigenvalue weighted by molar-refractivity contribution is 0.424. The molecule has 2 rings (SSSR count). The Bertz CT molecular complexity index is 552. The Kier molecular flexibility index (Phi) is 4.55. The van der Waals surface area contributed by atoms with Crippen LogP contribution in [0.4, 0.5) is 0 Å². The second kappa shape index (κ2) is 6.18. The van der Waals surface area contributed by atoms with Gasteiger partial charge in [0.1, 0.15) is 5.82 Å². The molecule has 2 heterocycles. The Morgan fingerprint density at radius 3 is 2.75 bits per heavy atom. The monoisotopic (exact) mass is 272 g/mol. The van der Waals surface area contributed by atoms with Gasteiger partial charge in [-0.2, -0.15) is 0 Å². The number of nitrogens with zero attached hydrogens (tertiary/aromatic N) is 3. The number of rotatable bonds is 5. The first-order chi connectivity index (χ1) is 9.51. The third kappa shape index (κ3) is 3.67. The average Bonchev–Trinajstić information content (AvgIpc) is 2.84. The lowest BCUT2D eigenvalue weighted by Gasteiger charge is -2.22. The molecule has 2 aromatic rings. The van der Waals surface area contributed by atoms with Crippen LogP contribution in [0.3, 0.4) is 0 Å². The Hall–Kier alpha value is -1.68. The summed E-state index contributed by atoms with van der Waals surface area (Å²) in [6, 6.07) is 2.07. The zero-order valence-electron chi connectivity index (χ0n) is 12.8. The Morgan fingerprint density at radius 2 is 2.05 bits per heavy atom. The van der Waals surface area contributed by atoms with E-state index in [0.29, 0.717) is 0 Å². The predicted molar refractivity (Wildman–Crippen MR) is 81.9 cm³/mol. The van der Waals surface area contributed by atoms with E-state index in [-0.39, 0.29) is 5.54 Å². The highest BCUT2D eigenvalue weighted by atomic mass is 15.1. The molecule has 0 saturated heterocycles. The molecule has 4 nitrogen and oxygen atoms in total. The molecule has 0 amide bonds. The maximum atomic E-state index is 4.45. The van der Waals surface area contributed by atoms with E-state index in [9.17, 15) is 0 Å². The molecule has 0 aliphatic rings. The van der Waals surface area contributed by atoms with Crippen molar-refractivity contribution in [3.05, 3.63) is 42.2 Å². The topological polar surface area (TPSA) is 42.7 Å². The Labute approximate surface area is 121 Å². The van der Waals surface area contributed by atoms with Crippen molar-refractivity contribution in [2.45, 2.75) is 52.6 Å². The van der Waals surface area contributed by atoms with Crippen molar-refractivity contribution in [2.75, 3.05) is 0 Å². The molecule has 2 aromatic heterocycles. The van der Waals surface area contributed by atoms with Gasteiger partial charge in [-0.1, -0.05) is 6.92 Å². The number of imidazole rings is 1. The SMILES string of the molecule is CCCc1nccn1-c1cnccc1CNC(C)(C)C. The van der Waals surface area contributed by atoms with Gasteiger partial charge in [0.05, 0.1) is 11.9 Å². The standard InChI is InChI=1S/C16H24N4/c1-5-6-15-18-9-10-20(15)14-12-17-8-7-13(14)11-19-16(2,3)4/h7-10,12,19H,5-6,11H2,1-4H3. The summed E-state index contributed by atoms with van der Waals surface area (Å²) < 4.78 is 2.15. The highest BCUT2D eigenvalue weighted by molar-refractivity contribution is 5.39. The Balaban J connectivity index is 2.29. The molecular formula is C16H24N4. The smallest absolute Gasteiger partial charge is 0.113 e. The van der Waals surface area contributed by atoms with Gasteiger partial charge in [0.25, 0.3) is 0 Å². The van der Waals surface area contributed by atoms with Crippen molar-refractivity contribution in [2.24, 2.45) is 0 Å². The summed E-state index contributed by atoms with van der Waals surface area (Å²) >= 11 is 0. The van der Waals surface area contributed by atoms with E-state index in [1.54, 1.807) is 0 Å². The molecule has 0 atom stereocenters. The van der Waals surface area contributed by atoms with Crippen LogP contribution in [0.5, 0.6) is 0 Å². The van der Waals surface area contributed by atoms with E-state index in [1.807, 2.05) is 24.8 Å². The highest BCUT2D eigenvalue weighted by Crippen LogP contribution is 2.17. The summed E-state index contributed by atoms with van der Waals surface area (Å²) in [5.74, 6) is 1.09. The van der Waals surface area contributed by atoms with Crippen LogP contribution in [-0.2, 0) is 13.0 Å². The molecular weight excluding hydrogens is 248 g/mol. The molecule has 0 aromatic carbocycles. The minimum atomic E-state index is 0.0989. The third-order valence-corrected chi connectivity index (χ3v) is 3.15. The van der Waals surface area contributed by atoms with Gasteiger partial charge < -0.3 is 9.88 Å². The van der Waals surface area contributed by atoms with Gasteiger partial charge in [0, 0.05) is 37.1 Å². The van der Waals surface area contributed by atoms with Crippen LogP contribution in [-0.4, -0.2) is 20.1 Å². The number of pyridine rings is 1. The van der Waals surface area contributed by atoms with Crippen LogP contribution < -0.4 is 5.32 Å². The molecule has 4 heteroatoms. The van der Waals surface area contributed by atoms with Crippen molar-refractivity contribution >= 4 is 0 Å². The normalized spacial score (nSPS) is 11.8. The van der Waals surface area contributed by atoms with Crippen LogP contribution in [0, 0.1) is 0 Å². The number of hydrogen-bond acceptors (Lipinski definition) is 3. The molecule has 0 saturated carbocycles. The van der Waals surface area contributed by atoms with E-state index in [4.69, 9.17) is 0 Å². The van der Waals surface area contributed by atoms with Gasteiger partial charge in [0.2, 0.25) is 0 Å². The van der Waals surface area contributed by atoms with Crippen molar-refractivity contribution < 1.29 is 0 Å². The van der Waals surface area contributed by atoms with Crippen molar-refractivity contribution in [1.82, 2.24) is 19.9 Å². The fraction of sp³-hybridized carbons (Fsp3) is 0.500. The summed E-state index contributed by atoms with van der Waals surface area (Å²) in [4.78, 5) is 8.72. The van der Waals surface area contributed by atoms with Crippen LogP contribution >= 0.6 is 0 Å². The first kappa shape index (κ1) is 14.7. The van der Waals surface area contributed by atoms with Crippen molar-refractivity contribution in [1.29, 1.82) is 0 Å². The van der Waals surface area contributed by atoms with Crippen LogP contribution in [0.15, 0.2) is 30.9 Å². The van der Waals surface area contributed by atoms with E-state index < -0.39 is 0 Å². The van der Waals surface area contributed by atoms with Crippen LogP contribution in [0.25, 0.3) is 5.69 Å². The summed E-state index contributed by atoms with van der Waals surface area (Å²) in [7, 11) is 0. The lowest BCUT2D eigenvalue weighted by Crippen LogP contribution is -2.35.